The molecule has 1 atom stereocenters. The monoisotopic (exact) mass is 324 g/mol. The molecule has 0 aliphatic rings. The molecule has 0 saturated carbocycles. The molecule has 0 bridgehead atoms. The highest BCUT2D eigenvalue weighted by Crippen LogP contribution is 2.24. The van der Waals surface area contributed by atoms with Crippen LogP contribution in [0.1, 0.15) is 37.1 Å². The fraction of sp³-hybridized carbons (Fsp3) is 0.368. The van der Waals surface area contributed by atoms with Gasteiger partial charge < -0.3 is 10.1 Å². The molecule has 1 N–H and O–H groups in total. The van der Waals surface area contributed by atoms with E-state index >= 15 is 0 Å². The molecule has 0 radical (unpaired) electrons. The lowest BCUT2D eigenvalue weighted by molar-refractivity contribution is 0.215. The summed E-state index contributed by atoms with van der Waals surface area (Å²) in [5.41, 5.74) is 4.28. The molecule has 0 aliphatic carbocycles. The lowest BCUT2D eigenvalue weighted by Crippen LogP contribution is -2.12. The van der Waals surface area contributed by atoms with Crippen LogP contribution in [-0.4, -0.2) is 20.7 Å². The standard InChI is InChI=1S/C19H24N4O/c1-5-15(4)24-18-10-13(2)6-7-16(18)12-21-19-17-11-14(3)22-23(17)9-8-20-19/h6-11,15H,5,12H2,1-4H3,(H,20,21). The predicted molar refractivity (Wildman–Crippen MR) is 96.6 cm³/mol. The fourth-order valence-electron chi connectivity index (χ4n) is 2.58. The van der Waals surface area contributed by atoms with Crippen LogP contribution in [0.2, 0.25) is 0 Å². The number of anilines is 1. The zero-order valence-corrected chi connectivity index (χ0v) is 14.7. The fourth-order valence-corrected chi connectivity index (χ4v) is 2.58. The molecular formula is C19H24N4O. The van der Waals surface area contributed by atoms with Gasteiger partial charge in [0.25, 0.3) is 0 Å². The maximum Gasteiger partial charge on any atom is 0.152 e. The van der Waals surface area contributed by atoms with Gasteiger partial charge in [-0.25, -0.2) is 9.50 Å². The summed E-state index contributed by atoms with van der Waals surface area (Å²) in [6.07, 6.45) is 4.80. The molecular weight excluding hydrogens is 300 g/mol. The second kappa shape index (κ2) is 6.91. The Morgan fingerprint density at radius 1 is 1.25 bits per heavy atom. The van der Waals surface area contributed by atoms with E-state index in [2.05, 4.69) is 54.4 Å². The summed E-state index contributed by atoms with van der Waals surface area (Å²) < 4.78 is 7.92. The quantitative estimate of drug-likeness (QED) is 0.740. The van der Waals surface area contributed by atoms with Gasteiger partial charge in [0.05, 0.1) is 11.8 Å². The molecule has 1 aromatic carbocycles. The summed E-state index contributed by atoms with van der Waals surface area (Å²) in [4.78, 5) is 4.45. The van der Waals surface area contributed by atoms with Gasteiger partial charge >= 0.3 is 0 Å². The van der Waals surface area contributed by atoms with E-state index in [-0.39, 0.29) is 6.10 Å². The van der Waals surface area contributed by atoms with Crippen molar-refractivity contribution in [2.75, 3.05) is 5.32 Å². The summed E-state index contributed by atoms with van der Waals surface area (Å²) >= 11 is 0. The number of rotatable bonds is 6. The van der Waals surface area contributed by atoms with Gasteiger partial charge in [-0.15, -0.1) is 0 Å². The van der Waals surface area contributed by atoms with Crippen LogP contribution in [0.15, 0.2) is 36.7 Å². The highest BCUT2D eigenvalue weighted by Gasteiger charge is 2.10. The molecule has 2 heterocycles. The first-order valence-corrected chi connectivity index (χ1v) is 8.38. The van der Waals surface area contributed by atoms with Crippen LogP contribution < -0.4 is 10.1 Å². The smallest absolute Gasteiger partial charge is 0.152 e. The van der Waals surface area contributed by atoms with Crippen molar-refractivity contribution in [3.63, 3.8) is 0 Å². The van der Waals surface area contributed by atoms with Crippen LogP contribution in [-0.2, 0) is 6.54 Å². The molecule has 0 saturated heterocycles. The third-order valence-electron chi connectivity index (χ3n) is 4.08. The van der Waals surface area contributed by atoms with Gasteiger partial charge in [-0.1, -0.05) is 19.1 Å². The highest BCUT2D eigenvalue weighted by molar-refractivity contribution is 5.67. The number of hydrogen-bond acceptors (Lipinski definition) is 4. The summed E-state index contributed by atoms with van der Waals surface area (Å²) in [7, 11) is 0. The van der Waals surface area contributed by atoms with Gasteiger partial charge in [0.1, 0.15) is 11.3 Å². The molecule has 2 aromatic heterocycles. The van der Waals surface area contributed by atoms with Crippen LogP contribution in [0.5, 0.6) is 5.75 Å². The van der Waals surface area contributed by atoms with E-state index in [4.69, 9.17) is 4.74 Å². The van der Waals surface area contributed by atoms with Gasteiger partial charge in [0, 0.05) is 24.5 Å². The Kier molecular flexibility index (Phi) is 4.69. The minimum Gasteiger partial charge on any atom is -0.490 e. The predicted octanol–water partition coefficient (Wildman–Crippen LogP) is 4.14. The van der Waals surface area contributed by atoms with Crippen LogP contribution in [0, 0.1) is 13.8 Å². The maximum absolute atomic E-state index is 6.08. The van der Waals surface area contributed by atoms with Gasteiger partial charge in [-0.2, -0.15) is 5.10 Å². The Morgan fingerprint density at radius 2 is 2.08 bits per heavy atom. The van der Waals surface area contributed by atoms with Crippen LogP contribution in [0.25, 0.3) is 5.52 Å². The number of hydrogen-bond donors (Lipinski definition) is 1. The zero-order chi connectivity index (χ0) is 17.1. The molecule has 0 spiro atoms. The molecule has 0 aliphatic heterocycles. The second-order valence-electron chi connectivity index (χ2n) is 6.19. The Labute approximate surface area is 142 Å². The highest BCUT2D eigenvalue weighted by atomic mass is 16.5. The van der Waals surface area contributed by atoms with E-state index in [0.29, 0.717) is 6.54 Å². The lowest BCUT2D eigenvalue weighted by Gasteiger charge is -2.17. The second-order valence-corrected chi connectivity index (χ2v) is 6.19. The Balaban J connectivity index is 1.83. The van der Waals surface area contributed by atoms with E-state index in [9.17, 15) is 0 Å². The van der Waals surface area contributed by atoms with E-state index in [0.717, 1.165) is 34.8 Å². The van der Waals surface area contributed by atoms with Crippen molar-refractivity contribution in [3.8, 4) is 5.75 Å². The van der Waals surface area contributed by atoms with E-state index in [1.54, 1.807) is 6.20 Å². The minimum atomic E-state index is 0.199. The first kappa shape index (κ1) is 16.3. The summed E-state index contributed by atoms with van der Waals surface area (Å²) in [6, 6.07) is 8.35. The average molecular weight is 324 g/mol. The molecule has 3 rings (SSSR count). The first-order chi connectivity index (χ1) is 11.6. The van der Waals surface area contributed by atoms with Gasteiger partial charge in [0.15, 0.2) is 5.82 Å². The summed E-state index contributed by atoms with van der Waals surface area (Å²) in [6.45, 7) is 8.94. The normalized spacial score (nSPS) is 12.3. The number of nitrogens with zero attached hydrogens (tertiary/aromatic N) is 3. The third kappa shape index (κ3) is 3.50. The van der Waals surface area contributed by atoms with E-state index in [1.165, 1.54) is 5.56 Å². The van der Waals surface area contributed by atoms with Crippen molar-refractivity contribution >= 4 is 11.3 Å². The van der Waals surface area contributed by atoms with Gasteiger partial charge in [-0.05, 0) is 44.9 Å². The molecule has 24 heavy (non-hydrogen) atoms. The molecule has 126 valence electrons. The van der Waals surface area contributed by atoms with E-state index in [1.807, 2.05) is 23.7 Å². The number of nitrogens with one attached hydrogen (secondary N) is 1. The van der Waals surface area contributed by atoms with E-state index < -0.39 is 0 Å². The lowest BCUT2D eigenvalue weighted by atomic mass is 10.1. The number of aryl methyl sites for hydroxylation is 2. The SMILES string of the molecule is CCC(C)Oc1cc(C)ccc1CNc1nccn2nc(C)cc12. The molecule has 0 amide bonds. The van der Waals surface area contributed by atoms with Crippen molar-refractivity contribution in [3.05, 3.63) is 53.5 Å². The summed E-state index contributed by atoms with van der Waals surface area (Å²) in [5, 5.41) is 7.84. The Morgan fingerprint density at radius 3 is 2.88 bits per heavy atom. The van der Waals surface area contributed by atoms with Gasteiger partial charge in [-0.3, -0.25) is 0 Å². The first-order valence-electron chi connectivity index (χ1n) is 8.38. The number of fused-ring (bicyclic) bond motifs is 1. The average Bonchev–Trinajstić information content (AvgIpc) is 2.94. The number of ether oxygens (including phenoxy) is 1. The number of benzene rings is 1. The van der Waals surface area contributed by atoms with Crippen molar-refractivity contribution in [2.45, 2.75) is 46.8 Å². The van der Waals surface area contributed by atoms with Crippen LogP contribution in [0.4, 0.5) is 5.82 Å². The molecule has 5 heteroatoms. The van der Waals surface area contributed by atoms with Crippen LogP contribution in [0.3, 0.4) is 0 Å². The van der Waals surface area contributed by atoms with Crippen molar-refractivity contribution in [1.29, 1.82) is 0 Å². The largest absolute Gasteiger partial charge is 0.490 e. The van der Waals surface area contributed by atoms with Crippen molar-refractivity contribution in [2.24, 2.45) is 0 Å². The van der Waals surface area contributed by atoms with Gasteiger partial charge in [0.2, 0.25) is 0 Å². The Hall–Kier alpha value is -2.56. The molecule has 1 unspecified atom stereocenters. The topological polar surface area (TPSA) is 51.5 Å². The Bertz CT molecular complexity index is 840. The zero-order valence-electron chi connectivity index (χ0n) is 14.7. The van der Waals surface area contributed by atoms with Crippen LogP contribution >= 0.6 is 0 Å². The maximum atomic E-state index is 6.08. The summed E-state index contributed by atoms with van der Waals surface area (Å²) in [5.74, 6) is 1.77. The number of aromatic nitrogens is 3. The van der Waals surface area contributed by atoms with Crippen molar-refractivity contribution < 1.29 is 4.74 Å². The third-order valence-corrected chi connectivity index (χ3v) is 4.08. The minimum absolute atomic E-state index is 0.199. The molecule has 3 aromatic rings. The molecule has 0 fully saturated rings. The van der Waals surface area contributed by atoms with Crippen molar-refractivity contribution in [1.82, 2.24) is 14.6 Å². The molecule has 5 nitrogen and oxygen atoms in total.